The highest BCUT2D eigenvalue weighted by molar-refractivity contribution is 5.92. The van der Waals surface area contributed by atoms with Crippen LogP contribution in [0.1, 0.15) is 16.2 Å². The highest BCUT2D eigenvalue weighted by atomic mass is 16.1. The van der Waals surface area contributed by atoms with Crippen LogP contribution in [0.2, 0.25) is 0 Å². The number of aryl methyl sites for hydroxylation is 1. The number of rotatable bonds is 2. The predicted octanol–water partition coefficient (Wildman–Crippen LogP) is 0.159. The van der Waals surface area contributed by atoms with E-state index in [4.69, 9.17) is 0 Å². The molecule has 0 aromatic carbocycles. The highest BCUT2D eigenvalue weighted by Crippen LogP contribution is 2.38. The maximum Gasteiger partial charge on any atom is 0.269 e. The number of carbonyl (C=O) groups excluding carboxylic acids is 1. The molecule has 0 unspecified atom stereocenters. The summed E-state index contributed by atoms with van der Waals surface area (Å²) in [4.78, 5) is 18.2. The highest BCUT2D eigenvalue weighted by Gasteiger charge is 2.47. The van der Waals surface area contributed by atoms with Crippen molar-refractivity contribution in [3.63, 3.8) is 0 Å². The van der Waals surface area contributed by atoms with Crippen molar-refractivity contribution in [2.45, 2.75) is 6.92 Å². The van der Waals surface area contributed by atoms with E-state index in [1.165, 1.54) is 0 Å². The van der Waals surface area contributed by atoms with Crippen LogP contribution in [-0.4, -0.2) is 44.1 Å². The molecule has 3 heterocycles. The molecule has 0 atom stereocenters. The van der Waals surface area contributed by atoms with Crippen molar-refractivity contribution in [2.24, 2.45) is 5.41 Å². The van der Waals surface area contributed by atoms with E-state index < -0.39 is 0 Å². The van der Waals surface area contributed by atoms with Gasteiger partial charge in [-0.25, -0.2) is 4.98 Å². The minimum atomic E-state index is -0.132. The van der Waals surface area contributed by atoms with E-state index in [-0.39, 0.29) is 5.91 Å². The zero-order valence-electron chi connectivity index (χ0n) is 10.8. The molecule has 0 saturated carbocycles. The molecule has 1 aromatic rings. The summed E-state index contributed by atoms with van der Waals surface area (Å²) in [6.45, 7) is 6.42. The minimum Gasteiger partial charge on any atom is -0.369 e. The third-order valence-corrected chi connectivity index (χ3v) is 3.91. The van der Waals surface area contributed by atoms with Gasteiger partial charge in [-0.15, -0.1) is 0 Å². The SMILES string of the molecule is CNC(=O)c1ccc(N2CC3(CNC3)C2)c(C)n1. The first kappa shape index (κ1) is 11.5. The third kappa shape index (κ3) is 1.66. The monoisotopic (exact) mass is 246 g/mol. The summed E-state index contributed by atoms with van der Waals surface area (Å²) < 4.78 is 0. The molecule has 0 aliphatic carbocycles. The van der Waals surface area contributed by atoms with Crippen LogP contribution in [0.15, 0.2) is 12.1 Å². The van der Waals surface area contributed by atoms with Gasteiger partial charge in [0.15, 0.2) is 0 Å². The number of amides is 1. The van der Waals surface area contributed by atoms with Gasteiger partial charge < -0.3 is 15.5 Å². The smallest absolute Gasteiger partial charge is 0.269 e. The van der Waals surface area contributed by atoms with E-state index in [0.29, 0.717) is 11.1 Å². The molecule has 2 fully saturated rings. The first-order valence-corrected chi connectivity index (χ1v) is 6.29. The van der Waals surface area contributed by atoms with Crippen LogP contribution in [0, 0.1) is 12.3 Å². The van der Waals surface area contributed by atoms with Crippen LogP contribution >= 0.6 is 0 Å². The van der Waals surface area contributed by atoms with Crippen molar-refractivity contribution in [3.05, 3.63) is 23.5 Å². The van der Waals surface area contributed by atoms with E-state index in [2.05, 4.69) is 20.5 Å². The Bertz CT molecular complexity index is 488. The van der Waals surface area contributed by atoms with Crippen molar-refractivity contribution in [1.82, 2.24) is 15.6 Å². The van der Waals surface area contributed by atoms with Gasteiger partial charge in [-0.2, -0.15) is 0 Å². The summed E-state index contributed by atoms with van der Waals surface area (Å²) in [6.07, 6.45) is 0. The lowest BCUT2D eigenvalue weighted by Crippen LogP contribution is -2.71. The average molecular weight is 246 g/mol. The van der Waals surface area contributed by atoms with Gasteiger partial charge in [0.25, 0.3) is 5.91 Å². The molecule has 1 aromatic heterocycles. The summed E-state index contributed by atoms with van der Waals surface area (Å²) in [5.74, 6) is -0.132. The van der Waals surface area contributed by atoms with Gasteiger partial charge in [-0.1, -0.05) is 0 Å². The maximum atomic E-state index is 11.5. The van der Waals surface area contributed by atoms with Gasteiger partial charge in [0.1, 0.15) is 5.69 Å². The predicted molar refractivity (Wildman–Crippen MR) is 69.9 cm³/mol. The number of hydrogen-bond donors (Lipinski definition) is 2. The fourth-order valence-corrected chi connectivity index (χ4v) is 2.78. The van der Waals surface area contributed by atoms with E-state index in [0.717, 1.165) is 37.6 Å². The van der Waals surface area contributed by atoms with Crippen molar-refractivity contribution in [1.29, 1.82) is 0 Å². The van der Waals surface area contributed by atoms with Gasteiger partial charge >= 0.3 is 0 Å². The normalized spacial score (nSPS) is 20.2. The molecule has 18 heavy (non-hydrogen) atoms. The first-order valence-electron chi connectivity index (χ1n) is 6.29. The second-order valence-electron chi connectivity index (χ2n) is 5.34. The van der Waals surface area contributed by atoms with Crippen molar-refractivity contribution in [2.75, 3.05) is 38.1 Å². The Morgan fingerprint density at radius 3 is 2.67 bits per heavy atom. The number of hydrogen-bond acceptors (Lipinski definition) is 4. The van der Waals surface area contributed by atoms with Gasteiger partial charge in [-0.3, -0.25) is 4.79 Å². The summed E-state index contributed by atoms with van der Waals surface area (Å²) in [5.41, 5.74) is 3.07. The topological polar surface area (TPSA) is 57.3 Å². The molecule has 2 aliphatic rings. The quantitative estimate of drug-likeness (QED) is 0.780. The summed E-state index contributed by atoms with van der Waals surface area (Å²) >= 11 is 0. The average Bonchev–Trinajstić information content (AvgIpc) is 2.26. The number of carbonyl (C=O) groups is 1. The van der Waals surface area contributed by atoms with Gasteiger partial charge in [-0.05, 0) is 19.1 Å². The first-order chi connectivity index (χ1) is 8.63. The number of anilines is 1. The largest absolute Gasteiger partial charge is 0.369 e. The Labute approximate surface area is 107 Å². The molecule has 2 N–H and O–H groups in total. The van der Waals surface area contributed by atoms with Crippen LogP contribution in [0.5, 0.6) is 0 Å². The molecule has 2 saturated heterocycles. The molecule has 96 valence electrons. The number of aromatic nitrogens is 1. The van der Waals surface area contributed by atoms with Gasteiger partial charge in [0, 0.05) is 38.6 Å². The standard InChI is InChI=1S/C13H18N4O/c1-9-11(4-3-10(16-9)12(18)14-2)17-7-13(8-17)5-15-6-13/h3-4,15H,5-8H2,1-2H3,(H,14,18). The fraction of sp³-hybridized carbons (Fsp3) is 0.538. The molecule has 5 heteroatoms. The van der Waals surface area contributed by atoms with Gasteiger partial charge in [0.2, 0.25) is 0 Å². The van der Waals surface area contributed by atoms with Crippen LogP contribution in [0.4, 0.5) is 5.69 Å². The molecule has 3 rings (SSSR count). The van der Waals surface area contributed by atoms with E-state index in [9.17, 15) is 4.79 Å². The van der Waals surface area contributed by atoms with Crippen molar-refractivity contribution in [3.8, 4) is 0 Å². The van der Waals surface area contributed by atoms with Crippen molar-refractivity contribution >= 4 is 11.6 Å². The molecule has 2 aliphatic heterocycles. The lowest BCUT2D eigenvalue weighted by atomic mass is 9.74. The minimum absolute atomic E-state index is 0.132. The molecule has 1 amide bonds. The molecule has 0 bridgehead atoms. The second kappa shape index (κ2) is 3.95. The molecular formula is C13H18N4O. The second-order valence-corrected chi connectivity index (χ2v) is 5.34. The lowest BCUT2D eigenvalue weighted by Gasteiger charge is -2.57. The number of nitrogens with zero attached hydrogens (tertiary/aromatic N) is 2. The fourth-order valence-electron chi connectivity index (χ4n) is 2.78. The van der Waals surface area contributed by atoms with Crippen LogP contribution in [-0.2, 0) is 0 Å². The Balaban J connectivity index is 1.76. The van der Waals surface area contributed by atoms with E-state index in [1.807, 2.05) is 13.0 Å². The Kier molecular flexibility index (Phi) is 2.52. The van der Waals surface area contributed by atoms with Crippen molar-refractivity contribution < 1.29 is 4.79 Å². The number of nitrogens with one attached hydrogen (secondary N) is 2. The van der Waals surface area contributed by atoms with E-state index >= 15 is 0 Å². The van der Waals surface area contributed by atoms with Crippen LogP contribution < -0.4 is 15.5 Å². The summed E-state index contributed by atoms with van der Waals surface area (Å²) in [7, 11) is 1.62. The molecule has 5 nitrogen and oxygen atoms in total. The molecule has 0 radical (unpaired) electrons. The zero-order chi connectivity index (χ0) is 12.8. The Morgan fingerprint density at radius 1 is 1.44 bits per heavy atom. The summed E-state index contributed by atoms with van der Waals surface area (Å²) in [6, 6.07) is 3.80. The lowest BCUT2D eigenvalue weighted by molar-refractivity contribution is 0.0957. The maximum absolute atomic E-state index is 11.5. The Morgan fingerprint density at radius 2 is 2.17 bits per heavy atom. The Hall–Kier alpha value is -1.62. The number of pyridine rings is 1. The van der Waals surface area contributed by atoms with Crippen LogP contribution in [0.25, 0.3) is 0 Å². The molecular weight excluding hydrogens is 228 g/mol. The van der Waals surface area contributed by atoms with Gasteiger partial charge in [0.05, 0.1) is 11.4 Å². The summed E-state index contributed by atoms with van der Waals surface area (Å²) in [5, 5.41) is 5.92. The zero-order valence-corrected chi connectivity index (χ0v) is 10.8. The van der Waals surface area contributed by atoms with E-state index in [1.54, 1.807) is 13.1 Å². The molecule has 1 spiro atoms. The van der Waals surface area contributed by atoms with Crippen LogP contribution in [0.3, 0.4) is 0 Å². The third-order valence-electron chi connectivity index (χ3n) is 3.91.